The third-order valence-corrected chi connectivity index (χ3v) is 2.86. The molecule has 0 saturated heterocycles. The van der Waals surface area contributed by atoms with E-state index in [4.69, 9.17) is 0 Å². The molecule has 0 spiro atoms. The molecule has 0 aliphatic heterocycles. The molecule has 1 unspecified atom stereocenters. The fraction of sp³-hybridized carbons (Fsp3) is 0.455. The quantitative estimate of drug-likeness (QED) is 0.778. The lowest BCUT2D eigenvalue weighted by Gasteiger charge is -2.09. The summed E-state index contributed by atoms with van der Waals surface area (Å²) in [4.78, 5) is 0.643. The van der Waals surface area contributed by atoms with E-state index >= 15 is 0 Å². The second-order valence-corrected chi connectivity index (χ2v) is 5.15. The molecule has 0 radical (unpaired) electrons. The molecule has 0 aromatic heterocycles. The summed E-state index contributed by atoms with van der Waals surface area (Å²) in [7, 11) is 0. The Morgan fingerprint density at radius 1 is 1.29 bits per heavy atom. The minimum atomic E-state index is -0.609. The summed E-state index contributed by atoms with van der Waals surface area (Å²) in [5.41, 5.74) is 0.621. The number of halogens is 1. The second-order valence-electron chi connectivity index (χ2n) is 3.53. The molecule has 1 aromatic carbocycles. The van der Waals surface area contributed by atoms with Gasteiger partial charge in [-0.3, -0.25) is 0 Å². The first kappa shape index (κ1) is 11.5. The van der Waals surface area contributed by atoms with Gasteiger partial charge in [-0.1, -0.05) is 19.9 Å². The lowest BCUT2D eigenvalue weighted by atomic mass is 10.1. The highest BCUT2D eigenvalue weighted by atomic mass is 32.2. The van der Waals surface area contributed by atoms with Gasteiger partial charge in [-0.05, 0) is 24.6 Å². The van der Waals surface area contributed by atoms with Crippen molar-refractivity contribution in [1.29, 1.82) is 0 Å². The Morgan fingerprint density at radius 3 is 2.36 bits per heavy atom. The van der Waals surface area contributed by atoms with Gasteiger partial charge in [-0.15, -0.1) is 11.8 Å². The van der Waals surface area contributed by atoms with E-state index in [2.05, 4.69) is 0 Å². The summed E-state index contributed by atoms with van der Waals surface area (Å²) in [6.07, 6.45) is -0.609. The normalized spacial score (nSPS) is 13.3. The molecule has 14 heavy (non-hydrogen) atoms. The van der Waals surface area contributed by atoms with E-state index in [1.165, 1.54) is 17.8 Å². The van der Waals surface area contributed by atoms with Crippen molar-refractivity contribution in [3.8, 4) is 0 Å². The number of benzene rings is 1. The minimum absolute atomic E-state index is 0.248. The summed E-state index contributed by atoms with van der Waals surface area (Å²) >= 11 is 1.49. The number of aliphatic hydroxyl groups excluding tert-OH is 1. The van der Waals surface area contributed by atoms with Crippen molar-refractivity contribution < 1.29 is 9.50 Å². The molecule has 0 heterocycles. The van der Waals surface area contributed by atoms with Crippen LogP contribution in [0.25, 0.3) is 0 Å². The molecule has 0 aliphatic rings. The Labute approximate surface area is 88.3 Å². The molecule has 1 N–H and O–H groups in total. The van der Waals surface area contributed by atoms with Crippen LogP contribution in [-0.4, -0.2) is 10.4 Å². The highest BCUT2D eigenvalue weighted by Gasteiger charge is 2.08. The second kappa shape index (κ2) is 4.80. The maximum Gasteiger partial charge on any atom is 0.137 e. The van der Waals surface area contributed by atoms with Crippen LogP contribution in [0.15, 0.2) is 23.1 Å². The van der Waals surface area contributed by atoms with Gasteiger partial charge in [-0.25, -0.2) is 4.39 Å². The Morgan fingerprint density at radius 2 is 1.93 bits per heavy atom. The van der Waals surface area contributed by atoms with Crippen LogP contribution in [0.4, 0.5) is 4.39 Å². The van der Waals surface area contributed by atoms with Crippen molar-refractivity contribution in [3.05, 3.63) is 29.6 Å². The van der Waals surface area contributed by atoms with Crippen LogP contribution in [0.3, 0.4) is 0 Å². The number of rotatable bonds is 3. The summed E-state index contributed by atoms with van der Waals surface area (Å²) in [5, 5.41) is 9.61. The third kappa shape index (κ3) is 3.00. The largest absolute Gasteiger partial charge is 0.389 e. The maximum atomic E-state index is 13.4. The topological polar surface area (TPSA) is 20.2 Å². The van der Waals surface area contributed by atoms with E-state index in [1.807, 2.05) is 13.8 Å². The van der Waals surface area contributed by atoms with Crippen LogP contribution in [0.5, 0.6) is 0 Å². The average Bonchev–Trinajstić information content (AvgIpc) is 2.07. The van der Waals surface area contributed by atoms with E-state index in [9.17, 15) is 9.50 Å². The summed E-state index contributed by atoms with van der Waals surface area (Å²) in [6.45, 7) is 5.67. The van der Waals surface area contributed by atoms with Crippen molar-refractivity contribution in [2.24, 2.45) is 0 Å². The van der Waals surface area contributed by atoms with E-state index in [1.54, 1.807) is 19.1 Å². The number of thioether (sulfide) groups is 1. The first-order valence-electron chi connectivity index (χ1n) is 4.65. The maximum absolute atomic E-state index is 13.4. The SMILES string of the molecule is CC(C)Sc1ccc(C(C)O)cc1F. The van der Waals surface area contributed by atoms with Gasteiger partial charge in [0.2, 0.25) is 0 Å². The highest BCUT2D eigenvalue weighted by Crippen LogP contribution is 2.27. The van der Waals surface area contributed by atoms with Crippen molar-refractivity contribution in [3.63, 3.8) is 0 Å². The molecule has 78 valence electrons. The lowest BCUT2D eigenvalue weighted by Crippen LogP contribution is -1.94. The Kier molecular flexibility index (Phi) is 3.96. The zero-order valence-electron chi connectivity index (χ0n) is 8.62. The van der Waals surface area contributed by atoms with Crippen LogP contribution in [-0.2, 0) is 0 Å². The van der Waals surface area contributed by atoms with Gasteiger partial charge in [0.15, 0.2) is 0 Å². The molecule has 3 heteroatoms. The fourth-order valence-corrected chi connectivity index (χ4v) is 1.95. The van der Waals surface area contributed by atoms with Gasteiger partial charge in [-0.2, -0.15) is 0 Å². The molecule has 0 aliphatic carbocycles. The van der Waals surface area contributed by atoms with Gasteiger partial charge < -0.3 is 5.11 Å². The van der Waals surface area contributed by atoms with Crippen molar-refractivity contribution >= 4 is 11.8 Å². The predicted octanol–water partition coefficient (Wildman–Crippen LogP) is 3.38. The van der Waals surface area contributed by atoms with Gasteiger partial charge in [0.25, 0.3) is 0 Å². The third-order valence-electron chi connectivity index (χ3n) is 1.80. The Bertz CT molecular complexity index is 310. The molecule has 0 fully saturated rings. The monoisotopic (exact) mass is 214 g/mol. The molecule has 1 rings (SSSR count). The van der Waals surface area contributed by atoms with Crippen molar-refractivity contribution in [2.45, 2.75) is 37.0 Å². The summed E-state index contributed by atoms with van der Waals surface area (Å²) in [5.74, 6) is -0.248. The molecule has 1 nitrogen and oxygen atoms in total. The van der Waals surface area contributed by atoms with E-state index < -0.39 is 6.10 Å². The zero-order chi connectivity index (χ0) is 10.7. The first-order valence-corrected chi connectivity index (χ1v) is 5.53. The van der Waals surface area contributed by atoms with Crippen molar-refractivity contribution in [2.75, 3.05) is 0 Å². The molecule has 1 aromatic rings. The standard InChI is InChI=1S/C11H15FOS/c1-7(2)14-11-5-4-9(8(3)13)6-10(11)12/h4-8,13H,1-3H3. The van der Waals surface area contributed by atoms with Crippen LogP contribution in [0.1, 0.15) is 32.4 Å². The van der Waals surface area contributed by atoms with Gasteiger partial charge in [0.05, 0.1) is 6.10 Å². The van der Waals surface area contributed by atoms with Crippen molar-refractivity contribution in [1.82, 2.24) is 0 Å². The number of aliphatic hydroxyl groups is 1. The van der Waals surface area contributed by atoms with Crippen LogP contribution >= 0.6 is 11.8 Å². The minimum Gasteiger partial charge on any atom is -0.389 e. The average molecular weight is 214 g/mol. The highest BCUT2D eigenvalue weighted by molar-refractivity contribution is 7.99. The summed E-state index contributed by atoms with van der Waals surface area (Å²) < 4.78 is 13.4. The number of hydrogen-bond donors (Lipinski definition) is 1. The van der Waals surface area contributed by atoms with Gasteiger partial charge in [0, 0.05) is 10.1 Å². The van der Waals surface area contributed by atoms with Crippen LogP contribution < -0.4 is 0 Å². The molecule has 0 amide bonds. The van der Waals surface area contributed by atoms with E-state index in [-0.39, 0.29) is 5.82 Å². The molecular formula is C11H15FOS. The van der Waals surface area contributed by atoms with Gasteiger partial charge >= 0.3 is 0 Å². The smallest absolute Gasteiger partial charge is 0.137 e. The van der Waals surface area contributed by atoms with E-state index in [0.29, 0.717) is 15.7 Å². The van der Waals surface area contributed by atoms with Gasteiger partial charge in [0.1, 0.15) is 5.82 Å². The van der Waals surface area contributed by atoms with Crippen LogP contribution in [0.2, 0.25) is 0 Å². The fourth-order valence-electron chi connectivity index (χ4n) is 1.13. The molecule has 0 bridgehead atoms. The lowest BCUT2D eigenvalue weighted by molar-refractivity contribution is 0.198. The molecule has 0 saturated carbocycles. The predicted molar refractivity (Wildman–Crippen MR) is 58.0 cm³/mol. The molecular weight excluding hydrogens is 199 g/mol. The van der Waals surface area contributed by atoms with Crippen LogP contribution in [0, 0.1) is 5.82 Å². The van der Waals surface area contributed by atoms with E-state index in [0.717, 1.165) is 0 Å². The summed E-state index contributed by atoms with van der Waals surface area (Å²) in [6, 6.07) is 4.88. The Balaban J connectivity index is 2.90. The first-order chi connectivity index (χ1) is 6.50. The number of hydrogen-bond acceptors (Lipinski definition) is 2. The molecule has 1 atom stereocenters. The zero-order valence-corrected chi connectivity index (χ0v) is 9.44. The Hall–Kier alpha value is -0.540.